The Balaban J connectivity index is 2.26. The molecule has 0 spiro atoms. The summed E-state index contributed by atoms with van der Waals surface area (Å²) in [6, 6.07) is 8.03. The Morgan fingerprint density at radius 1 is 1.45 bits per heavy atom. The number of aromatic nitrogens is 3. The summed E-state index contributed by atoms with van der Waals surface area (Å²) < 4.78 is 5.29. The lowest BCUT2D eigenvalue weighted by Gasteiger charge is -2.22. The van der Waals surface area contributed by atoms with Crippen molar-refractivity contribution in [3.63, 3.8) is 0 Å². The summed E-state index contributed by atoms with van der Waals surface area (Å²) in [5.74, 6) is 1.64. The van der Waals surface area contributed by atoms with Crippen molar-refractivity contribution in [1.82, 2.24) is 15.2 Å². The molecule has 0 saturated heterocycles. The molecule has 3 N–H and O–H groups in total. The fraction of sp³-hybridized carbons (Fsp3) is 0.429. The lowest BCUT2D eigenvalue weighted by atomic mass is 10.0. The van der Waals surface area contributed by atoms with E-state index in [9.17, 15) is 0 Å². The first-order valence-electron chi connectivity index (χ1n) is 6.59. The first kappa shape index (κ1) is 14.9. The standard InChI is InChI=1S/C14H20N4OS/c1-4-12(15)13(20-14-16-9(2)17-18-14)10-6-5-7-11(8-10)19-3/h5-8,12-13H,4,15H2,1-3H3,(H,16,17,18). The number of aromatic amines is 1. The van der Waals surface area contributed by atoms with Gasteiger partial charge in [-0.2, -0.15) is 0 Å². The number of H-pyrrole nitrogens is 1. The van der Waals surface area contributed by atoms with Crippen molar-refractivity contribution < 1.29 is 4.74 Å². The van der Waals surface area contributed by atoms with Crippen molar-refractivity contribution in [2.45, 2.75) is 36.7 Å². The molecule has 0 amide bonds. The van der Waals surface area contributed by atoms with E-state index in [0.29, 0.717) is 0 Å². The molecule has 108 valence electrons. The minimum Gasteiger partial charge on any atom is -0.497 e. The molecule has 0 aliphatic heterocycles. The van der Waals surface area contributed by atoms with Crippen LogP contribution in [0.5, 0.6) is 5.75 Å². The predicted octanol–water partition coefficient (Wildman–Crippen LogP) is 2.69. The maximum atomic E-state index is 6.27. The van der Waals surface area contributed by atoms with E-state index in [4.69, 9.17) is 10.5 Å². The predicted molar refractivity (Wildman–Crippen MR) is 81.0 cm³/mol. The maximum Gasteiger partial charge on any atom is 0.209 e. The number of nitrogens with zero attached hydrogens (tertiary/aromatic N) is 2. The highest BCUT2D eigenvalue weighted by Crippen LogP contribution is 2.37. The van der Waals surface area contributed by atoms with Crippen molar-refractivity contribution >= 4 is 11.8 Å². The Hall–Kier alpha value is -1.53. The van der Waals surface area contributed by atoms with E-state index in [2.05, 4.69) is 28.2 Å². The van der Waals surface area contributed by atoms with Crippen LogP contribution in [0.2, 0.25) is 0 Å². The van der Waals surface area contributed by atoms with Gasteiger partial charge >= 0.3 is 0 Å². The minimum absolute atomic E-state index is 0.0333. The van der Waals surface area contributed by atoms with Crippen molar-refractivity contribution in [1.29, 1.82) is 0 Å². The SMILES string of the molecule is CCC(N)C(Sc1n[nH]c(C)n1)c1cccc(OC)c1. The van der Waals surface area contributed by atoms with E-state index in [0.717, 1.165) is 28.7 Å². The van der Waals surface area contributed by atoms with E-state index < -0.39 is 0 Å². The first-order chi connectivity index (χ1) is 9.63. The second-order valence-electron chi connectivity index (χ2n) is 4.59. The molecule has 2 atom stereocenters. The molecule has 2 rings (SSSR count). The van der Waals surface area contributed by atoms with Gasteiger partial charge in [-0.25, -0.2) is 4.98 Å². The second-order valence-corrected chi connectivity index (χ2v) is 5.70. The quantitative estimate of drug-likeness (QED) is 0.800. The number of benzene rings is 1. The van der Waals surface area contributed by atoms with E-state index >= 15 is 0 Å². The highest BCUT2D eigenvalue weighted by atomic mass is 32.2. The minimum atomic E-state index is 0.0333. The second kappa shape index (κ2) is 6.76. The number of nitrogens with two attached hydrogens (primary N) is 1. The molecular weight excluding hydrogens is 272 g/mol. The molecular formula is C14H20N4OS. The molecule has 0 bridgehead atoms. The number of rotatable bonds is 6. The fourth-order valence-electron chi connectivity index (χ4n) is 1.92. The first-order valence-corrected chi connectivity index (χ1v) is 7.47. The number of methoxy groups -OCH3 is 1. The number of hydrogen-bond donors (Lipinski definition) is 2. The molecule has 0 aliphatic carbocycles. The molecule has 0 fully saturated rings. The molecule has 0 radical (unpaired) electrons. The van der Waals surface area contributed by atoms with E-state index in [1.165, 1.54) is 0 Å². The van der Waals surface area contributed by atoms with Crippen LogP contribution < -0.4 is 10.5 Å². The number of aryl methyl sites for hydroxylation is 1. The summed E-state index contributed by atoms with van der Waals surface area (Å²) >= 11 is 1.58. The van der Waals surface area contributed by atoms with Crippen LogP contribution >= 0.6 is 11.8 Å². The molecule has 2 unspecified atom stereocenters. The van der Waals surface area contributed by atoms with Gasteiger partial charge in [0.15, 0.2) is 0 Å². The zero-order chi connectivity index (χ0) is 14.5. The maximum absolute atomic E-state index is 6.27. The van der Waals surface area contributed by atoms with Crippen LogP contribution in [0.1, 0.15) is 30.0 Å². The Labute approximate surface area is 123 Å². The summed E-state index contributed by atoms with van der Waals surface area (Å²) in [4.78, 5) is 4.34. The van der Waals surface area contributed by atoms with Crippen LogP contribution in [0.3, 0.4) is 0 Å². The highest BCUT2D eigenvalue weighted by Gasteiger charge is 2.22. The Morgan fingerprint density at radius 3 is 2.85 bits per heavy atom. The smallest absolute Gasteiger partial charge is 0.209 e. The van der Waals surface area contributed by atoms with Gasteiger partial charge in [-0.1, -0.05) is 30.8 Å². The Kier molecular flexibility index (Phi) is 5.03. The molecule has 1 aromatic heterocycles. The summed E-state index contributed by atoms with van der Waals surface area (Å²) in [5.41, 5.74) is 7.40. The highest BCUT2D eigenvalue weighted by molar-refractivity contribution is 7.99. The molecule has 6 heteroatoms. The number of thioether (sulfide) groups is 1. The van der Waals surface area contributed by atoms with E-state index in [-0.39, 0.29) is 11.3 Å². The fourth-order valence-corrected chi connectivity index (χ4v) is 3.09. The van der Waals surface area contributed by atoms with Crippen molar-refractivity contribution in [3.8, 4) is 5.75 Å². The largest absolute Gasteiger partial charge is 0.497 e. The van der Waals surface area contributed by atoms with Crippen molar-refractivity contribution in [2.75, 3.05) is 7.11 Å². The Bertz CT molecular complexity index is 558. The van der Waals surface area contributed by atoms with Crippen molar-refractivity contribution in [3.05, 3.63) is 35.7 Å². The van der Waals surface area contributed by atoms with Gasteiger partial charge < -0.3 is 10.5 Å². The van der Waals surface area contributed by atoms with Crippen LogP contribution in [0.25, 0.3) is 0 Å². The van der Waals surface area contributed by atoms with E-state index in [1.807, 2.05) is 25.1 Å². The Morgan fingerprint density at radius 2 is 2.25 bits per heavy atom. The molecule has 1 heterocycles. The van der Waals surface area contributed by atoms with Crippen LogP contribution in [-0.2, 0) is 0 Å². The van der Waals surface area contributed by atoms with Gasteiger partial charge in [0.1, 0.15) is 11.6 Å². The van der Waals surface area contributed by atoms with Gasteiger partial charge in [-0.05, 0) is 31.0 Å². The molecule has 20 heavy (non-hydrogen) atoms. The summed E-state index contributed by atoms with van der Waals surface area (Å²) in [6.45, 7) is 3.97. The molecule has 5 nitrogen and oxygen atoms in total. The third kappa shape index (κ3) is 3.52. The third-order valence-electron chi connectivity index (χ3n) is 3.09. The lowest BCUT2D eigenvalue weighted by Crippen LogP contribution is -2.25. The topological polar surface area (TPSA) is 76.8 Å². The molecule has 0 aliphatic rings. The molecule has 1 aromatic carbocycles. The average molecular weight is 292 g/mol. The van der Waals surface area contributed by atoms with E-state index in [1.54, 1.807) is 18.9 Å². The summed E-state index contributed by atoms with van der Waals surface area (Å²) in [7, 11) is 1.67. The third-order valence-corrected chi connectivity index (χ3v) is 4.36. The van der Waals surface area contributed by atoms with Gasteiger partial charge in [-0.15, -0.1) is 5.10 Å². The van der Waals surface area contributed by atoms with Crippen molar-refractivity contribution in [2.24, 2.45) is 5.73 Å². The van der Waals surface area contributed by atoms with Gasteiger partial charge in [-0.3, -0.25) is 5.10 Å². The lowest BCUT2D eigenvalue weighted by molar-refractivity contribution is 0.414. The zero-order valence-corrected chi connectivity index (χ0v) is 12.8. The monoisotopic (exact) mass is 292 g/mol. The number of ether oxygens (including phenoxy) is 1. The van der Waals surface area contributed by atoms with Crippen LogP contribution in [0, 0.1) is 6.92 Å². The summed E-state index contributed by atoms with van der Waals surface area (Å²) in [5, 5.41) is 7.86. The molecule has 0 saturated carbocycles. The number of hydrogen-bond acceptors (Lipinski definition) is 5. The van der Waals surface area contributed by atoms with Crippen LogP contribution in [-0.4, -0.2) is 28.3 Å². The average Bonchev–Trinajstić information content (AvgIpc) is 2.89. The zero-order valence-electron chi connectivity index (χ0n) is 12.0. The van der Waals surface area contributed by atoms with Gasteiger partial charge in [0.25, 0.3) is 0 Å². The van der Waals surface area contributed by atoms with Crippen LogP contribution in [0.4, 0.5) is 0 Å². The van der Waals surface area contributed by atoms with Gasteiger partial charge in [0.05, 0.1) is 12.4 Å². The number of nitrogens with one attached hydrogen (secondary N) is 1. The van der Waals surface area contributed by atoms with Gasteiger partial charge in [0, 0.05) is 6.04 Å². The van der Waals surface area contributed by atoms with Crippen LogP contribution in [0.15, 0.2) is 29.4 Å². The summed E-state index contributed by atoms with van der Waals surface area (Å²) in [6.07, 6.45) is 0.887. The normalized spacial score (nSPS) is 14.0. The van der Waals surface area contributed by atoms with Gasteiger partial charge in [0.2, 0.25) is 5.16 Å². The molecule has 2 aromatic rings.